The van der Waals surface area contributed by atoms with Crippen molar-refractivity contribution in [3.05, 3.63) is 29.8 Å². The smallest absolute Gasteiger partial charge is 0.252 e. The number of rotatable bonds is 6. The van der Waals surface area contributed by atoms with Gasteiger partial charge >= 0.3 is 0 Å². The van der Waals surface area contributed by atoms with Crippen LogP contribution in [-0.2, 0) is 0 Å². The van der Waals surface area contributed by atoms with Crippen LogP contribution >= 0.6 is 0 Å². The van der Waals surface area contributed by atoms with Gasteiger partial charge in [-0.25, -0.2) is 0 Å². The summed E-state index contributed by atoms with van der Waals surface area (Å²) in [4.78, 5) is 11.5. The molecule has 116 valence electrons. The molecule has 1 aliphatic carbocycles. The van der Waals surface area contributed by atoms with Crippen molar-refractivity contribution in [1.82, 2.24) is 0 Å². The van der Waals surface area contributed by atoms with E-state index in [1.165, 1.54) is 19.3 Å². The van der Waals surface area contributed by atoms with Gasteiger partial charge in [-0.15, -0.1) is 0 Å². The van der Waals surface area contributed by atoms with E-state index in [1.807, 2.05) is 12.1 Å². The maximum Gasteiger partial charge on any atom is 0.252 e. The Labute approximate surface area is 126 Å². The molecule has 0 aromatic heterocycles. The minimum Gasteiger partial charge on any atom is -0.489 e. The third-order valence-corrected chi connectivity index (χ3v) is 4.47. The average molecular weight is 290 g/mol. The van der Waals surface area contributed by atoms with E-state index in [-0.39, 0.29) is 6.10 Å². The summed E-state index contributed by atoms with van der Waals surface area (Å²) < 4.78 is 6.15. The van der Waals surface area contributed by atoms with Crippen LogP contribution in [-0.4, -0.2) is 18.6 Å². The molecule has 1 aromatic carbocycles. The van der Waals surface area contributed by atoms with Gasteiger partial charge in [0.1, 0.15) is 11.9 Å². The predicted molar refractivity (Wildman–Crippen MR) is 84.2 cm³/mol. The van der Waals surface area contributed by atoms with Crippen LogP contribution in [0.5, 0.6) is 5.75 Å². The summed E-state index contributed by atoms with van der Waals surface area (Å²) in [6.07, 6.45) is 5.86. The van der Waals surface area contributed by atoms with Gasteiger partial charge in [0.25, 0.3) is 5.91 Å². The number of amides is 1. The normalized spacial score (nSPS) is 25.5. The van der Waals surface area contributed by atoms with Gasteiger partial charge in [0, 0.05) is 5.92 Å². The zero-order valence-corrected chi connectivity index (χ0v) is 12.8. The quantitative estimate of drug-likeness (QED) is 0.845. The van der Waals surface area contributed by atoms with Gasteiger partial charge in [-0.05, 0) is 43.9 Å². The highest BCUT2D eigenvalue weighted by Gasteiger charge is 2.31. The van der Waals surface area contributed by atoms with E-state index in [0.29, 0.717) is 29.7 Å². The number of benzene rings is 1. The lowest BCUT2D eigenvalue weighted by molar-refractivity contribution is 0.0655. The van der Waals surface area contributed by atoms with E-state index in [4.69, 9.17) is 16.2 Å². The maximum atomic E-state index is 11.5. The highest BCUT2D eigenvalue weighted by atomic mass is 16.5. The number of hydrogen-bond acceptors (Lipinski definition) is 3. The van der Waals surface area contributed by atoms with E-state index in [2.05, 4.69) is 6.92 Å². The molecule has 1 saturated carbocycles. The molecule has 1 amide bonds. The number of nitrogens with two attached hydrogens (primary N) is 2. The summed E-state index contributed by atoms with van der Waals surface area (Å²) in [7, 11) is 0. The van der Waals surface area contributed by atoms with Gasteiger partial charge in [0.05, 0.1) is 5.56 Å². The molecule has 0 saturated heterocycles. The molecule has 0 radical (unpaired) electrons. The number of carbonyl (C=O) groups excluding carboxylic acids is 1. The molecule has 4 nitrogen and oxygen atoms in total. The molecule has 1 fully saturated rings. The first-order valence-electron chi connectivity index (χ1n) is 7.91. The Morgan fingerprint density at radius 2 is 2.10 bits per heavy atom. The third kappa shape index (κ3) is 3.97. The summed E-state index contributed by atoms with van der Waals surface area (Å²) in [5, 5.41) is 0. The number of ether oxygens (including phenoxy) is 1. The number of hydrogen-bond donors (Lipinski definition) is 2. The second-order valence-corrected chi connectivity index (χ2v) is 5.98. The van der Waals surface area contributed by atoms with Crippen molar-refractivity contribution in [1.29, 1.82) is 0 Å². The number of para-hydroxylation sites is 1. The molecular weight excluding hydrogens is 264 g/mol. The number of carbonyl (C=O) groups is 1. The second-order valence-electron chi connectivity index (χ2n) is 5.98. The van der Waals surface area contributed by atoms with Gasteiger partial charge in [-0.1, -0.05) is 31.9 Å². The van der Waals surface area contributed by atoms with Crippen molar-refractivity contribution >= 4 is 5.91 Å². The first kappa shape index (κ1) is 15.8. The maximum absolute atomic E-state index is 11.5. The van der Waals surface area contributed by atoms with Crippen LogP contribution in [0.4, 0.5) is 0 Å². The molecule has 0 heterocycles. The topological polar surface area (TPSA) is 78.3 Å². The Hall–Kier alpha value is -1.55. The SMILES string of the molecule is CCCC1CCC(CN)C(Oc2ccccc2C(N)=O)C1. The summed E-state index contributed by atoms with van der Waals surface area (Å²) in [6, 6.07) is 7.19. The summed E-state index contributed by atoms with van der Waals surface area (Å²) in [5.41, 5.74) is 11.8. The lowest BCUT2D eigenvalue weighted by Gasteiger charge is -2.36. The van der Waals surface area contributed by atoms with E-state index in [9.17, 15) is 4.79 Å². The van der Waals surface area contributed by atoms with Gasteiger partial charge in [-0.3, -0.25) is 4.79 Å². The van der Waals surface area contributed by atoms with Crippen LogP contribution < -0.4 is 16.2 Å². The monoisotopic (exact) mass is 290 g/mol. The van der Waals surface area contributed by atoms with E-state index in [1.54, 1.807) is 12.1 Å². The van der Waals surface area contributed by atoms with Crippen LogP contribution in [0, 0.1) is 11.8 Å². The van der Waals surface area contributed by atoms with Crippen LogP contribution in [0.1, 0.15) is 49.4 Å². The molecule has 3 unspecified atom stereocenters. The molecule has 4 heteroatoms. The largest absolute Gasteiger partial charge is 0.489 e. The Morgan fingerprint density at radius 1 is 1.33 bits per heavy atom. The molecule has 4 N–H and O–H groups in total. The number of primary amides is 1. The van der Waals surface area contributed by atoms with Crippen LogP contribution in [0.3, 0.4) is 0 Å². The lowest BCUT2D eigenvalue weighted by atomic mass is 9.78. The van der Waals surface area contributed by atoms with Crippen molar-refractivity contribution < 1.29 is 9.53 Å². The Kier molecular flexibility index (Phi) is 5.62. The van der Waals surface area contributed by atoms with Crippen molar-refractivity contribution in [2.75, 3.05) is 6.54 Å². The minimum absolute atomic E-state index is 0.0841. The molecular formula is C17H26N2O2. The highest BCUT2D eigenvalue weighted by Crippen LogP contribution is 2.34. The van der Waals surface area contributed by atoms with Crippen molar-refractivity contribution in [2.24, 2.45) is 23.3 Å². The molecule has 3 atom stereocenters. The average Bonchev–Trinajstić information content (AvgIpc) is 2.48. The third-order valence-electron chi connectivity index (χ3n) is 4.47. The highest BCUT2D eigenvalue weighted by molar-refractivity contribution is 5.95. The van der Waals surface area contributed by atoms with Crippen LogP contribution in [0.2, 0.25) is 0 Å². The summed E-state index contributed by atoms with van der Waals surface area (Å²) >= 11 is 0. The minimum atomic E-state index is -0.448. The van der Waals surface area contributed by atoms with Crippen molar-refractivity contribution in [3.8, 4) is 5.75 Å². The van der Waals surface area contributed by atoms with Crippen molar-refractivity contribution in [2.45, 2.75) is 45.1 Å². The zero-order chi connectivity index (χ0) is 15.2. The summed E-state index contributed by atoms with van der Waals surface area (Å²) in [6.45, 7) is 2.84. The van der Waals surface area contributed by atoms with Crippen LogP contribution in [0.15, 0.2) is 24.3 Å². The first-order valence-corrected chi connectivity index (χ1v) is 7.91. The molecule has 0 spiro atoms. The van der Waals surface area contributed by atoms with E-state index in [0.717, 1.165) is 12.8 Å². The van der Waals surface area contributed by atoms with Crippen molar-refractivity contribution in [3.63, 3.8) is 0 Å². The lowest BCUT2D eigenvalue weighted by Crippen LogP contribution is -2.38. The van der Waals surface area contributed by atoms with Gasteiger partial charge < -0.3 is 16.2 Å². The molecule has 0 bridgehead atoms. The molecule has 1 aliphatic rings. The fraction of sp³-hybridized carbons (Fsp3) is 0.588. The Morgan fingerprint density at radius 3 is 2.76 bits per heavy atom. The standard InChI is InChI=1S/C17H26N2O2/c1-2-5-12-8-9-13(11-18)16(10-12)21-15-7-4-3-6-14(15)17(19)20/h3-4,6-7,12-13,16H,2,5,8-11,18H2,1H3,(H2,19,20). The molecule has 2 rings (SSSR count). The first-order chi connectivity index (χ1) is 10.2. The van der Waals surface area contributed by atoms with E-state index < -0.39 is 5.91 Å². The molecule has 0 aliphatic heterocycles. The van der Waals surface area contributed by atoms with Crippen LogP contribution in [0.25, 0.3) is 0 Å². The Bertz CT molecular complexity index is 476. The predicted octanol–water partition coefficient (Wildman–Crippen LogP) is 2.71. The second kappa shape index (κ2) is 7.46. The summed E-state index contributed by atoms with van der Waals surface area (Å²) in [5.74, 6) is 1.20. The van der Waals surface area contributed by atoms with Gasteiger partial charge in [-0.2, -0.15) is 0 Å². The fourth-order valence-electron chi connectivity index (χ4n) is 3.29. The van der Waals surface area contributed by atoms with E-state index >= 15 is 0 Å². The fourth-order valence-corrected chi connectivity index (χ4v) is 3.29. The Balaban J connectivity index is 2.13. The zero-order valence-electron chi connectivity index (χ0n) is 12.8. The van der Waals surface area contributed by atoms with Gasteiger partial charge in [0.15, 0.2) is 0 Å². The molecule has 21 heavy (non-hydrogen) atoms. The van der Waals surface area contributed by atoms with Gasteiger partial charge in [0.2, 0.25) is 0 Å². The molecule has 1 aromatic rings.